The van der Waals surface area contributed by atoms with Crippen molar-refractivity contribution in [1.29, 1.82) is 0 Å². The Kier molecular flexibility index (Phi) is 7.41. The van der Waals surface area contributed by atoms with Gasteiger partial charge < -0.3 is 25.8 Å². The van der Waals surface area contributed by atoms with Crippen molar-refractivity contribution in [2.45, 2.75) is 76.0 Å². The number of fused-ring (bicyclic) bond motifs is 1. The van der Waals surface area contributed by atoms with E-state index in [1.54, 1.807) is 21.9 Å². The number of rotatable bonds is 7. The molecule has 0 bridgehead atoms. The van der Waals surface area contributed by atoms with Crippen LogP contribution in [0.5, 0.6) is 0 Å². The van der Waals surface area contributed by atoms with Crippen molar-refractivity contribution in [2.24, 2.45) is 11.7 Å². The summed E-state index contributed by atoms with van der Waals surface area (Å²) in [5, 5.41) is 2.91. The summed E-state index contributed by atoms with van der Waals surface area (Å²) in [6.07, 6.45) is 4.09. The van der Waals surface area contributed by atoms with Gasteiger partial charge in [0.25, 0.3) is 5.91 Å². The molecule has 36 heavy (non-hydrogen) atoms. The lowest BCUT2D eigenvalue weighted by molar-refractivity contribution is -0.138. The number of nitrogens with two attached hydrogens (primary N) is 1. The summed E-state index contributed by atoms with van der Waals surface area (Å²) in [6.45, 7) is 4.36. The second-order valence-corrected chi connectivity index (χ2v) is 11.2. The van der Waals surface area contributed by atoms with Crippen molar-refractivity contribution in [2.75, 3.05) is 32.1 Å². The van der Waals surface area contributed by atoms with Crippen LogP contribution in [-0.2, 0) is 14.4 Å². The number of anilines is 1. The lowest BCUT2D eigenvalue weighted by Crippen LogP contribution is -2.56. The number of likely N-dealkylation sites (tertiary alicyclic amines) is 2. The molecule has 2 aliphatic heterocycles. The topological polar surface area (TPSA) is 116 Å². The molecule has 0 radical (unpaired) electrons. The van der Waals surface area contributed by atoms with Crippen LogP contribution in [0, 0.1) is 5.92 Å². The molecule has 1 saturated carbocycles. The van der Waals surface area contributed by atoms with Gasteiger partial charge in [0, 0.05) is 31.9 Å². The Hall–Kier alpha value is -2.94. The predicted molar refractivity (Wildman–Crippen MR) is 137 cm³/mol. The minimum absolute atomic E-state index is 0.00364. The third-order valence-corrected chi connectivity index (χ3v) is 7.84. The maximum absolute atomic E-state index is 13.7. The summed E-state index contributed by atoms with van der Waals surface area (Å²) in [4.78, 5) is 58.2. The van der Waals surface area contributed by atoms with Crippen molar-refractivity contribution in [3.05, 3.63) is 29.8 Å². The third-order valence-electron chi connectivity index (χ3n) is 7.84. The van der Waals surface area contributed by atoms with E-state index in [1.807, 2.05) is 45.0 Å². The average Bonchev–Trinajstić information content (AvgIpc) is 3.55. The number of benzene rings is 1. The number of ketones is 1. The lowest BCUT2D eigenvalue weighted by atomic mass is 9.96. The molecular weight excluding hydrogens is 458 g/mol. The predicted octanol–water partition coefficient (Wildman–Crippen LogP) is 1.55. The van der Waals surface area contributed by atoms with Crippen LogP contribution in [0.15, 0.2) is 24.3 Å². The van der Waals surface area contributed by atoms with E-state index in [2.05, 4.69) is 5.32 Å². The molecule has 3 amide bonds. The SMILES string of the molecule is CC(C)C[C@H](NC(=O)c1ccc(N(C)C)cc1)C(=O)N1CC[C@@H]2[C@H]1C(=O)CN2C(=O)C1(N)CCCC1. The van der Waals surface area contributed by atoms with Gasteiger partial charge in [-0.25, -0.2) is 0 Å². The number of nitrogens with one attached hydrogen (secondary N) is 1. The van der Waals surface area contributed by atoms with Crippen LogP contribution >= 0.6 is 0 Å². The Balaban J connectivity index is 1.49. The van der Waals surface area contributed by atoms with Gasteiger partial charge in [0.05, 0.1) is 18.1 Å². The van der Waals surface area contributed by atoms with Crippen LogP contribution in [0.3, 0.4) is 0 Å². The van der Waals surface area contributed by atoms with E-state index in [9.17, 15) is 19.2 Å². The van der Waals surface area contributed by atoms with Crippen molar-refractivity contribution < 1.29 is 19.2 Å². The van der Waals surface area contributed by atoms with Crippen LogP contribution in [0.1, 0.15) is 62.7 Å². The van der Waals surface area contributed by atoms with Crippen molar-refractivity contribution >= 4 is 29.2 Å². The van der Waals surface area contributed by atoms with Gasteiger partial charge in [-0.2, -0.15) is 0 Å². The normalized spacial score (nSPS) is 23.7. The number of Topliss-reactive ketones (excluding diaryl/α,β-unsaturated/α-hetero) is 1. The van der Waals surface area contributed by atoms with Gasteiger partial charge in [-0.1, -0.05) is 26.7 Å². The quantitative estimate of drug-likeness (QED) is 0.591. The summed E-state index contributed by atoms with van der Waals surface area (Å²) in [5.74, 6) is -0.722. The Bertz CT molecular complexity index is 1020. The van der Waals surface area contributed by atoms with Crippen molar-refractivity contribution in [3.8, 4) is 0 Å². The van der Waals surface area contributed by atoms with E-state index in [4.69, 9.17) is 5.73 Å². The molecule has 4 rings (SSSR count). The standard InChI is InChI=1S/C27H39N5O4/c1-17(2)15-20(29-24(34)18-7-9-19(10-8-18)30(3)4)25(35)31-14-11-21-23(31)22(33)16-32(21)26(36)27(28)12-5-6-13-27/h7-10,17,20-21,23H,5-6,11-16,28H2,1-4H3,(H,29,34)/t20-,21+,23-/m0/s1. The molecule has 2 heterocycles. The largest absolute Gasteiger partial charge is 0.378 e. The van der Waals surface area contributed by atoms with E-state index in [0.29, 0.717) is 37.8 Å². The molecule has 0 aromatic heterocycles. The fourth-order valence-corrected chi connectivity index (χ4v) is 5.89. The first-order valence-corrected chi connectivity index (χ1v) is 13.0. The molecule has 0 spiro atoms. The fourth-order valence-electron chi connectivity index (χ4n) is 5.89. The summed E-state index contributed by atoms with van der Waals surface area (Å²) in [5.41, 5.74) is 6.96. The molecule has 3 aliphatic rings. The van der Waals surface area contributed by atoms with Crippen LogP contribution in [0.2, 0.25) is 0 Å². The molecule has 0 unspecified atom stereocenters. The molecule has 9 heteroatoms. The molecular formula is C27H39N5O4. The minimum Gasteiger partial charge on any atom is -0.378 e. The molecule has 3 atom stereocenters. The first-order chi connectivity index (χ1) is 17.0. The Morgan fingerprint density at radius 1 is 1.11 bits per heavy atom. The van der Waals surface area contributed by atoms with Crippen molar-refractivity contribution in [1.82, 2.24) is 15.1 Å². The summed E-state index contributed by atoms with van der Waals surface area (Å²) in [7, 11) is 3.85. The van der Waals surface area contributed by atoms with Crippen LogP contribution in [-0.4, -0.2) is 84.2 Å². The molecule has 1 aliphatic carbocycles. The van der Waals surface area contributed by atoms with E-state index in [0.717, 1.165) is 18.5 Å². The van der Waals surface area contributed by atoms with Gasteiger partial charge in [0.2, 0.25) is 11.8 Å². The number of carbonyl (C=O) groups excluding carboxylic acids is 4. The van der Waals surface area contributed by atoms with Gasteiger partial charge in [-0.15, -0.1) is 0 Å². The van der Waals surface area contributed by atoms with Gasteiger partial charge in [-0.05, 0) is 55.9 Å². The highest BCUT2D eigenvalue weighted by molar-refractivity contribution is 6.01. The summed E-state index contributed by atoms with van der Waals surface area (Å²) >= 11 is 0. The molecule has 2 saturated heterocycles. The molecule has 3 fully saturated rings. The number of carbonyl (C=O) groups is 4. The number of nitrogens with zero attached hydrogens (tertiary/aromatic N) is 3. The van der Waals surface area contributed by atoms with Gasteiger partial charge in [-0.3, -0.25) is 19.2 Å². The first-order valence-electron chi connectivity index (χ1n) is 13.0. The maximum atomic E-state index is 13.7. The minimum atomic E-state index is -0.900. The van der Waals surface area contributed by atoms with E-state index in [1.165, 1.54) is 0 Å². The summed E-state index contributed by atoms with van der Waals surface area (Å²) < 4.78 is 0. The van der Waals surface area contributed by atoms with E-state index in [-0.39, 0.29) is 42.0 Å². The molecule has 3 N–H and O–H groups in total. The zero-order valence-corrected chi connectivity index (χ0v) is 21.8. The van der Waals surface area contributed by atoms with E-state index >= 15 is 0 Å². The fraction of sp³-hybridized carbons (Fsp3) is 0.630. The van der Waals surface area contributed by atoms with Crippen molar-refractivity contribution in [3.63, 3.8) is 0 Å². The van der Waals surface area contributed by atoms with Crippen LogP contribution in [0.4, 0.5) is 5.69 Å². The lowest BCUT2D eigenvalue weighted by Gasteiger charge is -2.32. The Morgan fingerprint density at radius 2 is 1.75 bits per heavy atom. The third kappa shape index (κ3) is 4.98. The number of hydrogen-bond donors (Lipinski definition) is 2. The van der Waals surface area contributed by atoms with Gasteiger partial charge in [0.15, 0.2) is 5.78 Å². The first kappa shape index (κ1) is 26.1. The Labute approximate surface area is 213 Å². The molecule has 9 nitrogen and oxygen atoms in total. The van der Waals surface area contributed by atoms with Crippen LogP contribution in [0.25, 0.3) is 0 Å². The maximum Gasteiger partial charge on any atom is 0.251 e. The smallest absolute Gasteiger partial charge is 0.251 e. The Morgan fingerprint density at radius 3 is 2.33 bits per heavy atom. The number of hydrogen-bond acceptors (Lipinski definition) is 6. The highest BCUT2D eigenvalue weighted by Gasteiger charge is 2.55. The van der Waals surface area contributed by atoms with Gasteiger partial charge >= 0.3 is 0 Å². The summed E-state index contributed by atoms with van der Waals surface area (Å²) in [6, 6.07) is 5.43. The average molecular weight is 498 g/mol. The van der Waals surface area contributed by atoms with Gasteiger partial charge in [0.1, 0.15) is 12.1 Å². The molecule has 1 aromatic carbocycles. The van der Waals surface area contributed by atoms with E-state index < -0.39 is 17.6 Å². The number of amides is 3. The zero-order chi connectivity index (χ0) is 26.2. The second-order valence-electron chi connectivity index (χ2n) is 11.2. The zero-order valence-electron chi connectivity index (χ0n) is 21.8. The highest BCUT2D eigenvalue weighted by Crippen LogP contribution is 2.35. The van der Waals surface area contributed by atoms with Crippen LogP contribution < -0.4 is 16.0 Å². The monoisotopic (exact) mass is 497 g/mol. The highest BCUT2D eigenvalue weighted by atomic mass is 16.2. The molecule has 196 valence electrons. The molecule has 1 aromatic rings. The second kappa shape index (κ2) is 10.2.